The summed E-state index contributed by atoms with van der Waals surface area (Å²) in [5, 5.41) is 0. The molecule has 2 atom stereocenters. The molecule has 1 aliphatic rings. The molecule has 2 N–H and O–H groups in total. The van der Waals surface area contributed by atoms with Crippen molar-refractivity contribution >= 4 is 15.9 Å². The van der Waals surface area contributed by atoms with Gasteiger partial charge in [0.15, 0.2) is 0 Å². The summed E-state index contributed by atoms with van der Waals surface area (Å²) in [7, 11) is 0. The van der Waals surface area contributed by atoms with Gasteiger partial charge in [0.2, 0.25) is 0 Å². The molecule has 1 fully saturated rings. The highest BCUT2D eigenvalue weighted by Crippen LogP contribution is 2.31. The molecule has 1 aromatic rings. The van der Waals surface area contributed by atoms with Gasteiger partial charge < -0.3 is 10.5 Å². The molecule has 2 rings (SSSR count). The van der Waals surface area contributed by atoms with E-state index < -0.39 is 0 Å². The van der Waals surface area contributed by atoms with Gasteiger partial charge in [-0.1, -0.05) is 31.4 Å². The largest absolute Gasteiger partial charge is 0.377 e. The number of nitrogens with two attached hydrogens (primary N) is 1. The van der Waals surface area contributed by atoms with Crippen LogP contribution in [0.4, 0.5) is 4.39 Å². The van der Waals surface area contributed by atoms with E-state index in [1.54, 1.807) is 6.07 Å². The number of halogens is 2. The van der Waals surface area contributed by atoms with Crippen LogP contribution in [-0.2, 0) is 11.2 Å². The van der Waals surface area contributed by atoms with Gasteiger partial charge in [-0.2, -0.15) is 0 Å². The first-order chi connectivity index (χ1) is 10.1. The fourth-order valence-corrected chi connectivity index (χ4v) is 3.77. The van der Waals surface area contributed by atoms with Crippen LogP contribution >= 0.6 is 15.9 Å². The predicted octanol–water partition coefficient (Wildman–Crippen LogP) is 4.44. The molecule has 0 radical (unpaired) electrons. The van der Waals surface area contributed by atoms with Crippen LogP contribution in [0.5, 0.6) is 0 Å². The lowest BCUT2D eigenvalue weighted by Crippen LogP contribution is -2.44. The molecule has 0 amide bonds. The molecule has 118 valence electrons. The molecule has 2 unspecified atom stereocenters. The summed E-state index contributed by atoms with van der Waals surface area (Å²) in [6.45, 7) is 2.69. The molecule has 0 aliphatic heterocycles. The molecular weight excluding hydrogens is 333 g/mol. The van der Waals surface area contributed by atoms with Crippen molar-refractivity contribution in [1.82, 2.24) is 0 Å². The van der Waals surface area contributed by atoms with Gasteiger partial charge >= 0.3 is 0 Å². The second-order valence-electron chi connectivity index (χ2n) is 5.90. The summed E-state index contributed by atoms with van der Waals surface area (Å²) >= 11 is 3.32. The van der Waals surface area contributed by atoms with Crippen LogP contribution in [0, 0.1) is 11.7 Å². The van der Waals surface area contributed by atoms with Crippen molar-refractivity contribution < 1.29 is 9.13 Å². The highest BCUT2D eigenvalue weighted by Gasteiger charge is 2.29. The van der Waals surface area contributed by atoms with Gasteiger partial charge in [-0.15, -0.1) is 0 Å². The fraction of sp³-hybridized carbons (Fsp3) is 0.647. The van der Waals surface area contributed by atoms with Crippen molar-refractivity contribution in [3.63, 3.8) is 0 Å². The van der Waals surface area contributed by atoms with Gasteiger partial charge in [-0.05, 0) is 59.7 Å². The molecule has 1 aliphatic carbocycles. The first-order valence-corrected chi connectivity index (χ1v) is 8.72. The third kappa shape index (κ3) is 4.51. The number of hydrogen-bond acceptors (Lipinski definition) is 2. The zero-order valence-electron chi connectivity index (χ0n) is 12.7. The topological polar surface area (TPSA) is 35.2 Å². The van der Waals surface area contributed by atoms with Crippen molar-refractivity contribution in [3.05, 3.63) is 34.1 Å². The molecule has 1 saturated carbocycles. The summed E-state index contributed by atoms with van der Waals surface area (Å²) in [5.41, 5.74) is 7.34. The third-order valence-corrected chi connectivity index (χ3v) is 5.27. The molecule has 21 heavy (non-hydrogen) atoms. The number of rotatable bonds is 6. The Morgan fingerprint density at radius 1 is 1.33 bits per heavy atom. The minimum Gasteiger partial charge on any atom is -0.377 e. The van der Waals surface area contributed by atoms with Crippen molar-refractivity contribution in [2.45, 2.75) is 57.6 Å². The first kappa shape index (κ1) is 16.9. The molecule has 2 nitrogen and oxygen atoms in total. The third-order valence-electron chi connectivity index (χ3n) is 4.38. The van der Waals surface area contributed by atoms with Crippen molar-refractivity contribution in [2.75, 3.05) is 6.61 Å². The minimum atomic E-state index is -0.231. The van der Waals surface area contributed by atoms with Crippen LogP contribution in [0.3, 0.4) is 0 Å². The van der Waals surface area contributed by atoms with Crippen molar-refractivity contribution in [1.29, 1.82) is 0 Å². The number of ether oxygens (including phenoxy) is 1. The molecule has 0 saturated heterocycles. The van der Waals surface area contributed by atoms with E-state index in [2.05, 4.69) is 15.9 Å². The Bertz CT molecular complexity index is 448. The van der Waals surface area contributed by atoms with Gasteiger partial charge in [-0.3, -0.25) is 0 Å². The Morgan fingerprint density at radius 2 is 2.05 bits per heavy atom. The average molecular weight is 358 g/mol. The molecule has 1 aromatic carbocycles. The van der Waals surface area contributed by atoms with E-state index in [9.17, 15) is 4.39 Å². The molecule has 4 heteroatoms. The van der Waals surface area contributed by atoms with Gasteiger partial charge in [-0.25, -0.2) is 4.39 Å². The highest BCUT2D eigenvalue weighted by atomic mass is 79.9. The molecular formula is C17H25BrFNO. The van der Waals surface area contributed by atoms with Gasteiger partial charge in [0.1, 0.15) is 5.82 Å². The summed E-state index contributed by atoms with van der Waals surface area (Å²) in [6, 6.07) is 5.03. The van der Waals surface area contributed by atoms with Crippen molar-refractivity contribution in [2.24, 2.45) is 11.7 Å². The van der Waals surface area contributed by atoms with Gasteiger partial charge in [0.25, 0.3) is 0 Å². The Balaban J connectivity index is 2.07. The molecule has 0 spiro atoms. The van der Waals surface area contributed by atoms with Crippen LogP contribution in [0.2, 0.25) is 0 Å². The highest BCUT2D eigenvalue weighted by molar-refractivity contribution is 9.10. The van der Waals surface area contributed by atoms with Crippen LogP contribution in [0.25, 0.3) is 0 Å². The van der Waals surface area contributed by atoms with Crippen LogP contribution in [0.15, 0.2) is 22.7 Å². The Hall–Kier alpha value is -0.450. The fourth-order valence-electron chi connectivity index (χ4n) is 3.34. The first-order valence-electron chi connectivity index (χ1n) is 7.93. The van der Waals surface area contributed by atoms with E-state index in [1.807, 2.05) is 13.0 Å². The standard InChI is InChI=1S/C17H25BrFNO/c1-2-21-17(12-7-4-3-5-8-12)15(20)11-13-9-6-10-14(19)16(13)18/h6,9-10,12,15,17H,2-5,7-8,11,20H2,1H3. The summed E-state index contributed by atoms with van der Waals surface area (Å²) in [6.07, 6.45) is 6.96. The van der Waals surface area contributed by atoms with E-state index in [0.717, 1.165) is 5.56 Å². The summed E-state index contributed by atoms with van der Waals surface area (Å²) in [4.78, 5) is 0. The zero-order chi connectivity index (χ0) is 15.2. The maximum Gasteiger partial charge on any atom is 0.137 e. The number of hydrogen-bond donors (Lipinski definition) is 1. The maximum atomic E-state index is 13.6. The average Bonchev–Trinajstić information content (AvgIpc) is 2.50. The maximum absolute atomic E-state index is 13.6. The summed E-state index contributed by atoms with van der Waals surface area (Å²) < 4.78 is 20.1. The van der Waals surface area contributed by atoms with Crippen molar-refractivity contribution in [3.8, 4) is 0 Å². The predicted molar refractivity (Wildman–Crippen MR) is 87.8 cm³/mol. The Morgan fingerprint density at radius 3 is 2.71 bits per heavy atom. The van der Waals surface area contributed by atoms with E-state index >= 15 is 0 Å². The Kier molecular flexibility index (Phi) is 6.65. The van der Waals surface area contributed by atoms with Crippen LogP contribution < -0.4 is 5.73 Å². The smallest absolute Gasteiger partial charge is 0.137 e. The minimum absolute atomic E-state index is 0.0745. The molecule has 0 bridgehead atoms. The lowest BCUT2D eigenvalue weighted by molar-refractivity contribution is -0.00916. The van der Waals surface area contributed by atoms with Gasteiger partial charge in [0, 0.05) is 12.6 Å². The second-order valence-corrected chi connectivity index (χ2v) is 6.69. The zero-order valence-corrected chi connectivity index (χ0v) is 14.2. The van der Waals surface area contributed by atoms with E-state index in [1.165, 1.54) is 38.2 Å². The van der Waals surface area contributed by atoms with Crippen LogP contribution in [-0.4, -0.2) is 18.8 Å². The normalized spacial score (nSPS) is 19.4. The monoisotopic (exact) mass is 357 g/mol. The SMILES string of the molecule is CCOC(C(N)Cc1cccc(F)c1Br)C1CCCCC1. The Labute approximate surface area is 135 Å². The second kappa shape index (κ2) is 8.25. The summed E-state index contributed by atoms with van der Waals surface area (Å²) in [5.74, 6) is 0.311. The van der Waals surface area contributed by atoms with E-state index in [0.29, 0.717) is 23.4 Å². The molecule has 0 heterocycles. The lowest BCUT2D eigenvalue weighted by Gasteiger charge is -2.34. The quantitative estimate of drug-likeness (QED) is 0.816. The lowest BCUT2D eigenvalue weighted by atomic mass is 9.81. The number of benzene rings is 1. The van der Waals surface area contributed by atoms with Crippen LogP contribution in [0.1, 0.15) is 44.6 Å². The van der Waals surface area contributed by atoms with E-state index in [4.69, 9.17) is 10.5 Å². The van der Waals surface area contributed by atoms with E-state index in [-0.39, 0.29) is 18.0 Å². The van der Waals surface area contributed by atoms with Gasteiger partial charge in [0.05, 0.1) is 10.6 Å². The molecule has 0 aromatic heterocycles.